The first-order chi connectivity index (χ1) is 11.7. The predicted octanol–water partition coefficient (Wildman–Crippen LogP) is 4.34. The number of rotatable bonds is 9. The van der Waals surface area contributed by atoms with Crippen LogP contribution in [0.5, 0.6) is 0 Å². The molecule has 24 heavy (non-hydrogen) atoms. The van der Waals surface area contributed by atoms with E-state index in [0.717, 1.165) is 41.4 Å². The molecule has 0 radical (unpaired) electrons. The number of hydrogen-bond donors (Lipinski definition) is 1. The first kappa shape index (κ1) is 18.9. The average Bonchev–Trinajstić information content (AvgIpc) is 2.89. The van der Waals surface area contributed by atoms with Gasteiger partial charge in [0.05, 0.1) is 9.92 Å². The Labute approximate surface area is 152 Å². The molecule has 1 aromatic rings. The van der Waals surface area contributed by atoms with Gasteiger partial charge in [0, 0.05) is 0 Å². The quantitative estimate of drug-likeness (QED) is 0.402. The van der Waals surface area contributed by atoms with Crippen LogP contribution in [0.25, 0.3) is 0 Å². The minimum absolute atomic E-state index is 0.255. The first-order valence-electron chi connectivity index (χ1n) is 8.39. The summed E-state index contributed by atoms with van der Waals surface area (Å²) in [5.74, 6) is 1.31. The third-order valence-electron chi connectivity index (χ3n) is 3.54. The highest BCUT2D eigenvalue weighted by molar-refractivity contribution is 8.22. The topological polar surface area (TPSA) is 49.4 Å². The van der Waals surface area contributed by atoms with Crippen molar-refractivity contribution < 1.29 is 9.59 Å². The number of nitrogens with one attached hydrogen (secondary N) is 1. The molecule has 4 nitrogen and oxygen atoms in total. The van der Waals surface area contributed by atoms with Gasteiger partial charge < -0.3 is 0 Å². The van der Waals surface area contributed by atoms with Gasteiger partial charge in [-0.05, 0) is 36.5 Å². The van der Waals surface area contributed by atoms with Crippen molar-refractivity contribution in [2.75, 3.05) is 16.5 Å². The zero-order valence-electron chi connectivity index (χ0n) is 14.2. The molecule has 1 heterocycles. The summed E-state index contributed by atoms with van der Waals surface area (Å²) in [7, 11) is 0. The van der Waals surface area contributed by atoms with E-state index >= 15 is 0 Å². The van der Waals surface area contributed by atoms with E-state index in [4.69, 9.17) is 0 Å². The number of para-hydroxylation sites is 1. The maximum atomic E-state index is 12.8. The number of anilines is 1. The number of hydrazine groups is 1. The van der Waals surface area contributed by atoms with Crippen molar-refractivity contribution in [3.05, 3.63) is 40.1 Å². The number of carbonyl (C=O) groups excluding carboxylic acids is 2. The monoisotopic (exact) mass is 364 g/mol. The van der Waals surface area contributed by atoms with Gasteiger partial charge in [-0.3, -0.25) is 15.0 Å². The summed E-state index contributed by atoms with van der Waals surface area (Å²) in [5, 5.41) is 1.35. The lowest BCUT2D eigenvalue weighted by Crippen LogP contribution is -2.35. The smallest absolute Gasteiger partial charge is 0.267 e. The fourth-order valence-electron chi connectivity index (χ4n) is 2.16. The Bertz CT molecular complexity index is 590. The summed E-state index contributed by atoms with van der Waals surface area (Å²) in [4.78, 5) is 25.2. The molecule has 1 N–H and O–H groups in total. The molecule has 1 aromatic carbocycles. The molecule has 2 rings (SSSR count). The summed E-state index contributed by atoms with van der Waals surface area (Å²) < 4.78 is 0.859. The van der Waals surface area contributed by atoms with E-state index in [9.17, 15) is 9.59 Å². The Kier molecular flexibility index (Phi) is 7.72. The van der Waals surface area contributed by atoms with E-state index in [-0.39, 0.29) is 11.8 Å². The summed E-state index contributed by atoms with van der Waals surface area (Å²) >= 11 is 3.27. The van der Waals surface area contributed by atoms with Gasteiger partial charge in [0.25, 0.3) is 11.8 Å². The Morgan fingerprint density at radius 1 is 1.00 bits per heavy atom. The third kappa shape index (κ3) is 4.80. The van der Waals surface area contributed by atoms with Crippen molar-refractivity contribution in [3.63, 3.8) is 0 Å². The van der Waals surface area contributed by atoms with Crippen molar-refractivity contribution in [1.82, 2.24) is 5.43 Å². The second-order valence-corrected chi connectivity index (χ2v) is 7.95. The van der Waals surface area contributed by atoms with Crippen LogP contribution in [-0.2, 0) is 9.59 Å². The minimum atomic E-state index is -0.299. The number of unbranched alkanes of at least 4 members (excludes halogenated alkanes) is 2. The Morgan fingerprint density at radius 3 is 2.12 bits per heavy atom. The van der Waals surface area contributed by atoms with Gasteiger partial charge >= 0.3 is 0 Å². The van der Waals surface area contributed by atoms with Gasteiger partial charge in [-0.1, -0.05) is 44.9 Å². The van der Waals surface area contributed by atoms with Crippen molar-refractivity contribution in [2.45, 2.75) is 39.5 Å². The fraction of sp³-hybridized carbons (Fsp3) is 0.444. The molecular formula is C18H24N2O2S2. The lowest BCUT2D eigenvalue weighted by Gasteiger charge is -2.14. The number of amides is 2. The van der Waals surface area contributed by atoms with Crippen LogP contribution in [0.2, 0.25) is 0 Å². The summed E-state index contributed by atoms with van der Waals surface area (Å²) in [6.45, 7) is 4.28. The van der Waals surface area contributed by atoms with Crippen LogP contribution in [0, 0.1) is 0 Å². The van der Waals surface area contributed by atoms with Crippen molar-refractivity contribution in [1.29, 1.82) is 0 Å². The van der Waals surface area contributed by atoms with Crippen LogP contribution in [0.3, 0.4) is 0 Å². The van der Waals surface area contributed by atoms with Crippen LogP contribution in [-0.4, -0.2) is 23.3 Å². The van der Waals surface area contributed by atoms with E-state index < -0.39 is 0 Å². The van der Waals surface area contributed by atoms with Crippen molar-refractivity contribution in [3.8, 4) is 0 Å². The lowest BCUT2D eigenvalue weighted by atomic mass is 10.2. The average molecular weight is 365 g/mol. The summed E-state index contributed by atoms with van der Waals surface area (Å²) in [6.07, 6.45) is 4.36. The molecule has 0 aliphatic carbocycles. The molecule has 1 fully saturated rings. The highest BCUT2D eigenvalue weighted by Crippen LogP contribution is 2.36. The molecule has 0 atom stereocenters. The molecule has 0 saturated carbocycles. The van der Waals surface area contributed by atoms with Gasteiger partial charge in [0.2, 0.25) is 0 Å². The van der Waals surface area contributed by atoms with Crippen LogP contribution < -0.4 is 10.4 Å². The van der Waals surface area contributed by atoms with E-state index in [1.165, 1.54) is 5.01 Å². The maximum Gasteiger partial charge on any atom is 0.284 e. The zero-order chi connectivity index (χ0) is 17.4. The highest BCUT2D eigenvalue weighted by atomic mass is 32.2. The minimum Gasteiger partial charge on any atom is -0.267 e. The van der Waals surface area contributed by atoms with Gasteiger partial charge in [0.1, 0.15) is 5.57 Å². The fourth-order valence-corrected chi connectivity index (χ4v) is 4.88. The van der Waals surface area contributed by atoms with E-state index in [1.54, 1.807) is 23.5 Å². The Morgan fingerprint density at radius 2 is 1.58 bits per heavy atom. The van der Waals surface area contributed by atoms with Crippen molar-refractivity contribution in [2.24, 2.45) is 0 Å². The second kappa shape index (κ2) is 9.79. The highest BCUT2D eigenvalue weighted by Gasteiger charge is 2.37. The van der Waals surface area contributed by atoms with Crippen LogP contribution in [0.15, 0.2) is 40.1 Å². The molecular weight excluding hydrogens is 340 g/mol. The molecule has 6 heteroatoms. The van der Waals surface area contributed by atoms with Crippen LogP contribution >= 0.6 is 23.5 Å². The SMILES string of the molecule is CCCCSC(SCCCC)=C1C(=O)NN(c2ccccc2)C1=O. The molecule has 130 valence electrons. The van der Waals surface area contributed by atoms with Crippen LogP contribution in [0.1, 0.15) is 39.5 Å². The molecule has 0 aromatic heterocycles. The number of hydrogen-bond acceptors (Lipinski definition) is 4. The Balaban J connectivity index is 2.22. The van der Waals surface area contributed by atoms with Gasteiger partial charge in [-0.25, -0.2) is 5.01 Å². The summed E-state index contributed by atoms with van der Waals surface area (Å²) in [5.41, 5.74) is 3.67. The first-order valence-corrected chi connectivity index (χ1v) is 10.4. The van der Waals surface area contributed by atoms with E-state index in [1.807, 2.05) is 30.3 Å². The molecule has 2 amide bonds. The molecule has 0 spiro atoms. The zero-order valence-corrected chi connectivity index (χ0v) is 15.8. The van der Waals surface area contributed by atoms with Crippen LogP contribution in [0.4, 0.5) is 5.69 Å². The van der Waals surface area contributed by atoms with Gasteiger partial charge in [0.15, 0.2) is 0 Å². The normalized spacial score (nSPS) is 14.2. The molecule has 0 bridgehead atoms. The Hall–Kier alpha value is -1.40. The molecule has 1 saturated heterocycles. The van der Waals surface area contributed by atoms with E-state index in [2.05, 4.69) is 19.3 Å². The van der Waals surface area contributed by atoms with Gasteiger partial charge in [-0.2, -0.15) is 0 Å². The van der Waals surface area contributed by atoms with E-state index in [0.29, 0.717) is 11.3 Å². The van der Waals surface area contributed by atoms with Gasteiger partial charge in [-0.15, -0.1) is 23.5 Å². The maximum absolute atomic E-state index is 12.8. The molecule has 0 unspecified atom stereocenters. The number of nitrogens with zero attached hydrogens (tertiary/aromatic N) is 1. The standard InChI is InChI=1S/C18H24N2O2S2/c1-3-5-12-23-18(24-13-6-4-2)15-16(21)19-20(17(15)22)14-10-8-7-9-11-14/h7-11H,3-6,12-13H2,1-2H3,(H,19,21). The summed E-state index contributed by atoms with van der Waals surface area (Å²) in [6, 6.07) is 9.21. The largest absolute Gasteiger partial charge is 0.284 e. The molecule has 1 aliphatic rings. The lowest BCUT2D eigenvalue weighted by molar-refractivity contribution is -0.117. The second-order valence-electron chi connectivity index (χ2n) is 5.48. The number of carbonyl (C=O) groups is 2. The predicted molar refractivity (Wildman–Crippen MR) is 104 cm³/mol. The van der Waals surface area contributed by atoms with Crippen molar-refractivity contribution >= 4 is 41.0 Å². The number of benzene rings is 1. The third-order valence-corrected chi connectivity index (χ3v) is 6.16. The molecule has 1 aliphatic heterocycles. The number of thioether (sulfide) groups is 2.